The SMILES string of the molecule is CCOc1cc(C=C(C#N)C(N)=O)cc(Br)c1OCc1ccc(F)cc1. The van der Waals surface area contributed by atoms with Crippen LogP contribution < -0.4 is 15.2 Å². The highest BCUT2D eigenvalue weighted by Crippen LogP contribution is 2.38. The molecule has 5 nitrogen and oxygen atoms in total. The third-order valence-corrected chi connectivity index (χ3v) is 3.91. The molecule has 7 heteroatoms. The number of amides is 1. The summed E-state index contributed by atoms with van der Waals surface area (Å²) in [5, 5.41) is 8.97. The minimum absolute atomic E-state index is 0.167. The van der Waals surface area contributed by atoms with Crippen LogP contribution in [0.2, 0.25) is 0 Å². The number of rotatable bonds is 7. The summed E-state index contributed by atoms with van der Waals surface area (Å²) in [5.41, 5.74) is 6.35. The first kappa shape index (κ1) is 19.5. The fourth-order valence-corrected chi connectivity index (χ4v) is 2.71. The van der Waals surface area contributed by atoms with Crippen molar-refractivity contribution in [3.63, 3.8) is 0 Å². The van der Waals surface area contributed by atoms with Gasteiger partial charge in [0.1, 0.15) is 24.1 Å². The molecule has 2 aromatic rings. The van der Waals surface area contributed by atoms with Gasteiger partial charge in [-0.2, -0.15) is 5.26 Å². The van der Waals surface area contributed by atoms with E-state index in [4.69, 9.17) is 20.5 Å². The van der Waals surface area contributed by atoms with E-state index in [0.717, 1.165) is 5.56 Å². The third kappa shape index (κ3) is 5.07. The van der Waals surface area contributed by atoms with Gasteiger partial charge in [-0.3, -0.25) is 4.79 Å². The summed E-state index contributed by atoms with van der Waals surface area (Å²) in [7, 11) is 0. The van der Waals surface area contributed by atoms with Crippen LogP contribution in [0.4, 0.5) is 4.39 Å². The lowest BCUT2D eigenvalue weighted by molar-refractivity contribution is -0.114. The highest BCUT2D eigenvalue weighted by atomic mass is 79.9. The van der Waals surface area contributed by atoms with Crippen molar-refractivity contribution in [3.8, 4) is 17.6 Å². The summed E-state index contributed by atoms with van der Waals surface area (Å²) in [5.74, 6) is -0.218. The molecule has 26 heavy (non-hydrogen) atoms. The predicted octanol–water partition coefficient (Wildman–Crippen LogP) is 3.96. The zero-order valence-corrected chi connectivity index (χ0v) is 15.5. The Labute approximate surface area is 159 Å². The van der Waals surface area contributed by atoms with E-state index in [2.05, 4.69) is 15.9 Å². The van der Waals surface area contributed by atoms with Crippen molar-refractivity contribution >= 4 is 27.9 Å². The molecule has 0 bridgehead atoms. The van der Waals surface area contributed by atoms with Crippen LogP contribution in [0.15, 0.2) is 46.4 Å². The second kappa shape index (κ2) is 9.02. The van der Waals surface area contributed by atoms with Crippen LogP contribution in [0.25, 0.3) is 6.08 Å². The number of hydrogen-bond acceptors (Lipinski definition) is 4. The van der Waals surface area contributed by atoms with E-state index in [-0.39, 0.29) is 18.0 Å². The Kier molecular flexibility index (Phi) is 6.75. The molecule has 0 fully saturated rings. The van der Waals surface area contributed by atoms with Crippen LogP contribution in [0.5, 0.6) is 11.5 Å². The number of halogens is 2. The van der Waals surface area contributed by atoms with Gasteiger partial charge in [-0.1, -0.05) is 12.1 Å². The maximum Gasteiger partial charge on any atom is 0.259 e. The number of primary amides is 1. The number of nitriles is 1. The molecule has 0 aliphatic carbocycles. The van der Waals surface area contributed by atoms with Gasteiger partial charge in [0.05, 0.1) is 11.1 Å². The molecule has 0 aliphatic heterocycles. The number of benzene rings is 2. The lowest BCUT2D eigenvalue weighted by Gasteiger charge is -2.15. The molecular weight excluding hydrogens is 403 g/mol. The Balaban J connectivity index is 2.32. The topological polar surface area (TPSA) is 85.3 Å². The smallest absolute Gasteiger partial charge is 0.259 e. The van der Waals surface area contributed by atoms with Crippen molar-refractivity contribution in [2.45, 2.75) is 13.5 Å². The minimum Gasteiger partial charge on any atom is -0.490 e. The van der Waals surface area contributed by atoms with Gasteiger partial charge in [-0.05, 0) is 64.3 Å². The van der Waals surface area contributed by atoms with Crippen molar-refractivity contribution in [2.75, 3.05) is 6.61 Å². The van der Waals surface area contributed by atoms with Gasteiger partial charge in [0.15, 0.2) is 11.5 Å². The summed E-state index contributed by atoms with van der Waals surface area (Å²) < 4.78 is 25.0. The molecule has 0 heterocycles. The van der Waals surface area contributed by atoms with E-state index in [1.54, 1.807) is 30.3 Å². The standard InChI is InChI=1S/C19H16BrFN2O3/c1-2-25-17-9-13(7-14(10-22)19(23)24)8-16(20)18(17)26-11-12-3-5-15(21)6-4-12/h3-9H,2,11H2,1H3,(H2,23,24). The molecular formula is C19H16BrFN2O3. The molecule has 0 aromatic heterocycles. The van der Waals surface area contributed by atoms with Crippen molar-refractivity contribution in [1.82, 2.24) is 0 Å². The fraction of sp³-hybridized carbons (Fsp3) is 0.158. The van der Waals surface area contributed by atoms with E-state index in [1.807, 2.05) is 6.92 Å². The second-order valence-electron chi connectivity index (χ2n) is 5.21. The number of hydrogen-bond donors (Lipinski definition) is 1. The Morgan fingerprint density at radius 3 is 2.58 bits per heavy atom. The van der Waals surface area contributed by atoms with E-state index in [1.165, 1.54) is 18.2 Å². The molecule has 2 N–H and O–H groups in total. The van der Waals surface area contributed by atoms with Gasteiger partial charge in [0.25, 0.3) is 5.91 Å². The highest BCUT2D eigenvalue weighted by molar-refractivity contribution is 9.10. The Bertz CT molecular complexity index is 874. The van der Waals surface area contributed by atoms with Gasteiger partial charge in [-0.15, -0.1) is 0 Å². The molecule has 0 saturated heterocycles. The number of nitrogens with two attached hydrogens (primary N) is 1. The molecule has 134 valence electrons. The largest absolute Gasteiger partial charge is 0.490 e. The Hall–Kier alpha value is -2.85. The highest BCUT2D eigenvalue weighted by Gasteiger charge is 2.13. The molecule has 0 atom stereocenters. The van der Waals surface area contributed by atoms with Crippen molar-refractivity contribution in [2.24, 2.45) is 5.73 Å². The zero-order valence-electron chi connectivity index (χ0n) is 14.0. The first-order valence-corrected chi connectivity index (χ1v) is 8.49. The number of ether oxygens (including phenoxy) is 2. The van der Waals surface area contributed by atoms with E-state index >= 15 is 0 Å². The molecule has 0 unspecified atom stereocenters. The number of carbonyl (C=O) groups excluding carboxylic acids is 1. The molecule has 2 aromatic carbocycles. The summed E-state index contributed by atoms with van der Waals surface area (Å²) >= 11 is 3.41. The van der Waals surface area contributed by atoms with Crippen LogP contribution in [0.3, 0.4) is 0 Å². The van der Waals surface area contributed by atoms with Gasteiger partial charge in [0, 0.05) is 0 Å². The van der Waals surface area contributed by atoms with Crippen molar-refractivity contribution in [3.05, 3.63) is 63.4 Å². The molecule has 1 amide bonds. The molecule has 0 saturated carbocycles. The monoisotopic (exact) mass is 418 g/mol. The van der Waals surface area contributed by atoms with E-state index in [0.29, 0.717) is 28.1 Å². The van der Waals surface area contributed by atoms with Gasteiger partial charge in [0.2, 0.25) is 0 Å². The molecule has 0 spiro atoms. The maximum absolute atomic E-state index is 13.0. The van der Waals surface area contributed by atoms with E-state index < -0.39 is 5.91 Å². The van der Waals surface area contributed by atoms with Crippen LogP contribution >= 0.6 is 15.9 Å². The first-order valence-electron chi connectivity index (χ1n) is 7.69. The van der Waals surface area contributed by atoms with Crippen molar-refractivity contribution < 1.29 is 18.7 Å². The molecule has 2 rings (SSSR count). The Morgan fingerprint density at radius 2 is 2.00 bits per heavy atom. The summed E-state index contributed by atoms with van der Waals surface area (Å²) in [6.45, 7) is 2.44. The quantitative estimate of drug-likeness (QED) is 0.544. The summed E-state index contributed by atoms with van der Waals surface area (Å²) in [6, 6.07) is 11.1. The van der Waals surface area contributed by atoms with Gasteiger partial charge >= 0.3 is 0 Å². The number of carbonyl (C=O) groups is 1. The van der Waals surface area contributed by atoms with Crippen LogP contribution in [-0.4, -0.2) is 12.5 Å². The normalized spacial score (nSPS) is 10.9. The maximum atomic E-state index is 13.0. The lowest BCUT2D eigenvalue weighted by atomic mass is 10.1. The fourth-order valence-electron chi connectivity index (χ4n) is 2.14. The van der Waals surface area contributed by atoms with Crippen LogP contribution in [0, 0.1) is 17.1 Å². The van der Waals surface area contributed by atoms with Gasteiger partial charge in [-0.25, -0.2) is 4.39 Å². The summed E-state index contributed by atoms with van der Waals surface area (Å²) in [4.78, 5) is 11.2. The summed E-state index contributed by atoms with van der Waals surface area (Å²) in [6.07, 6.45) is 1.37. The number of nitrogens with zero attached hydrogens (tertiary/aromatic N) is 1. The Morgan fingerprint density at radius 1 is 1.31 bits per heavy atom. The van der Waals surface area contributed by atoms with Crippen LogP contribution in [-0.2, 0) is 11.4 Å². The van der Waals surface area contributed by atoms with E-state index in [9.17, 15) is 9.18 Å². The van der Waals surface area contributed by atoms with Crippen molar-refractivity contribution in [1.29, 1.82) is 5.26 Å². The third-order valence-electron chi connectivity index (χ3n) is 3.33. The van der Waals surface area contributed by atoms with Gasteiger partial charge < -0.3 is 15.2 Å². The van der Waals surface area contributed by atoms with Crippen LogP contribution in [0.1, 0.15) is 18.1 Å². The zero-order chi connectivity index (χ0) is 19.1. The molecule has 0 radical (unpaired) electrons. The first-order chi connectivity index (χ1) is 12.4. The molecule has 0 aliphatic rings. The average Bonchev–Trinajstić information content (AvgIpc) is 2.60. The lowest BCUT2D eigenvalue weighted by Crippen LogP contribution is -2.12. The average molecular weight is 419 g/mol. The predicted molar refractivity (Wildman–Crippen MR) is 98.8 cm³/mol. The minimum atomic E-state index is -0.807. The second-order valence-corrected chi connectivity index (χ2v) is 6.07.